The number of aromatic nitrogens is 2. The van der Waals surface area contributed by atoms with Crippen LogP contribution in [0.4, 0.5) is 4.39 Å². The quantitative estimate of drug-likeness (QED) is 0.367. The van der Waals surface area contributed by atoms with Crippen molar-refractivity contribution in [3.05, 3.63) is 89.4 Å². The summed E-state index contributed by atoms with van der Waals surface area (Å²) in [6.07, 6.45) is 2.24. The topological polar surface area (TPSA) is 65.4 Å². The third kappa shape index (κ3) is 4.65. The minimum atomic E-state index is -1.08. The van der Waals surface area contributed by atoms with E-state index < -0.39 is 5.72 Å². The molecular weight excluding hydrogens is 433 g/mol. The average molecular weight is 462 g/mol. The first-order valence-corrected chi connectivity index (χ1v) is 11.2. The summed E-state index contributed by atoms with van der Waals surface area (Å²) < 4.78 is 26.7. The molecule has 1 unspecified atom stereocenters. The highest BCUT2D eigenvalue weighted by Gasteiger charge is 2.36. The molecule has 0 spiro atoms. The van der Waals surface area contributed by atoms with Gasteiger partial charge in [0.2, 0.25) is 11.6 Å². The number of nitrogens with zero attached hydrogens (tertiary/aromatic N) is 2. The molecule has 6 nitrogen and oxygen atoms in total. The molecule has 1 heterocycles. The van der Waals surface area contributed by atoms with Crippen LogP contribution in [0.1, 0.15) is 30.0 Å². The van der Waals surface area contributed by atoms with Crippen molar-refractivity contribution in [3.63, 3.8) is 0 Å². The van der Waals surface area contributed by atoms with Crippen LogP contribution in [0.2, 0.25) is 0 Å². The molecular formula is C27H28FN3O3. The zero-order valence-electron chi connectivity index (χ0n) is 19.8. The van der Waals surface area contributed by atoms with Gasteiger partial charge < -0.3 is 14.8 Å². The van der Waals surface area contributed by atoms with Crippen molar-refractivity contribution in [2.24, 2.45) is 0 Å². The van der Waals surface area contributed by atoms with Crippen LogP contribution < -0.4 is 10.1 Å². The minimum absolute atomic E-state index is 0.0699. The highest BCUT2D eigenvalue weighted by molar-refractivity contribution is 5.82. The van der Waals surface area contributed by atoms with Crippen LogP contribution in [0, 0.1) is 19.7 Å². The number of fused-ring (bicyclic) bond motifs is 1. The van der Waals surface area contributed by atoms with E-state index in [4.69, 9.17) is 9.47 Å². The van der Waals surface area contributed by atoms with E-state index in [1.165, 1.54) is 19.2 Å². The second-order valence-electron chi connectivity index (χ2n) is 8.34. The van der Waals surface area contributed by atoms with Crippen molar-refractivity contribution < 1.29 is 18.7 Å². The van der Waals surface area contributed by atoms with Gasteiger partial charge in [-0.1, -0.05) is 30.7 Å². The van der Waals surface area contributed by atoms with Crippen LogP contribution >= 0.6 is 0 Å². The molecule has 1 aromatic heterocycles. The lowest BCUT2D eigenvalue weighted by Crippen LogP contribution is -2.51. The number of ether oxygens (including phenoxy) is 2. The molecule has 0 bridgehead atoms. The van der Waals surface area contributed by atoms with E-state index in [0.29, 0.717) is 12.2 Å². The summed E-state index contributed by atoms with van der Waals surface area (Å²) in [6, 6.07) is 17.9. The normalized spacial score (nSPS) is 13.0. The first-order chi connectivity index (χ1) is 16.3. The molecule has 0 saturated heterocycles. The van der Waals surface area contributed by atoms with Crippen molar-refractivity contribution in [2.75, 3.05) is 13.7 Å². The standard InChI is InChI=1S/C27H28FN3O3/c1-5-27(30-26(32)17-33-4,24-12-6-18(2)14-19(24)3)34-23-11-13-25-20(15-23)16-29-31(25)22-9-7-21(28)8-10-22/h6-16H,5,17H2,1-4H3,(H,30,32). The van der Waals surface area contributed by atoms with Crippen LogP contribution in [-0.4, -0.2) is 29.4 Å². The number of amides is 1. The molecule has 7 heteroatoms. The number of rotatable bonds is 8. The highest BCUT2D eigenvalue weighted by Crippen LogP contribution is 2.33. The number of carbonyl (C=O) groups is 1. The SMILES string of the molecule is CCC(NC(=O)COC)(Oc1ccc2c(cnn2-c2ccc(F)cc2)c1)c1ccc(C)cc1C. The van der Waals surface area contributed by atoms with Gasteiger partial charge in [-0.25, -0.2) is 9.07 Å². The number of carbonyl (C=O) groups excluding carboxylic acids is 1. The lowest BCUT2D eigenvalue weighted by atomic mass is 9.93. The fraction of sp³-hybridized carbons (Fsp3) is 0.259. The molecule has 34 heavy (non-hydrogen) atoms. The van der Waals surface area contributed by atoms with Crippen LogP contribution in [0.5, 0.6) is 5.75 Å². The van der Waals surface area contributed by atoms with E-state index in [-0.39, 0.29) is 18.3 Å². The van der Waals surface area contributed by atoms with Crippen molar-refractivity contribution in [3.8, 4) is 11.4 Å². The van der Waals surface area contributed by atoms with Crippen molar-refractivity contribution in [1.82, 2.24) is 15.1 Å². The van der Waals surface area contributed by atoms with Crippen LogP contribution in [0.3, 0.4) is 0 Å². The first-order valence-electron chi connectivity index (χ1n) is 11.2. The Balaban J connectivity index is 1.73. The Kier molecular flexibility index (Phi) is 6.65. The second kappa shape index (κ2) is 9.65. The van der Waals surface area contributed by atoms with Crippen LogP contribution in [-0.2, 0) is 15.3 Å². The zero-order chi connectivity index (χ0) is 24.3. The Morgan fingerprint density at radius 2 is 1.85 bits per heavy atom. The number of halogens is 1. The number of hydrogen-bond donors (Lipinski definition) is 1. The van der Waals surface area contributed by atoms with Gasteiger partial charge in [0.05, 0.1) is 17.4 Å². The zero-order valence-corrected chi connectivity index (χ0v) is 19.8. The fourth-order valence-corrected chi connectivity index (χ4v) is 4.22. The number of nitrogens with one attached hydrogen (secondary N) is 1. The smallest absolute Gasteiger partial charge is 0.249 e. The van der Waals surface area contributed by atoms with E-state index in [1.807, 2.05) is 51.1 Å². The lowest BCUT2D eigenvalue weighted by Gasteiger charge is -2.36. The molecule has 0 aliphatic heterocycles. The van der Waals surface area contributed by atoms with Crippen molar-refractivity contribution in [1.29, 1.82) is 0 Å². The molecule has 176 valence electrons. The Bertz CT molecular complexity index is 1320. The molecule has 1 amide bonds. The van der Waals surface area contributed by atoms with Gasteiger partial charge in [-0.2, -0.15) is 5.10 Å². The van der Waals surface area contributed by atoms with Gasteiger partial charge in [-0.05, 0) is 61.9 Å². The van der Waals surface area contributed by atoms with E-state index in [2.05, 4.69) is 16.5 Å². The van der Waals surface area contributed by atoms with E-state index in [1.54, 1.807) is 23.0 Å². The third-order valence-corrected chi connectivity index (χ3v) is 5.83. The van der Waals surface area contributed by atoms with E-state index in [9.17, 15) is 9.18 Å². The molecule has 0 fully saturated rings. The van der Waals surface area contributed by atoms with Gasteiger partial charge in [-0.15, -0.1) is 0 Å². The van der Waals surface area contributed by atoms with Gasteiger partial charge in [0.15, 0.2) is 0 Å². The monoisotopic (exact) mass is 461 g/mol. The summed E-state index contributed by atoms with van der Waals surface area (Å²) in [7, 11) is 1.48. The first kappa shape index (κ1) is 23.4. The van der Waals surface area contributed by atoms with Crippen molar-refractivity contribution >= 4 is 16.8 Å². The molecule has 4 rings (SSSR count). The van der Waals surface area contributed by atoms with Gasteiger partial charge in [-0.3, -0.25) is 4.79 Å². The van der Waals surface area contributed by atoms with Crippen LogP contribution in [0.15, 0.2) is 66.9 Å². The molecule has 4 aromatic rings. The highest BCUT2D eigenvalue weighted by atomic mass is 19.1. The number of hydrogen-bond acceptors (Lipinski definition) is 4. The minimum Gasteiger partial charge on any atom is -0.464 e. The maximum atomic E-state index is 13.3. The largest absolute Gasteiger partial charge is 0.464 e. The van der Waals surface area contributed by atoms with E-state index >= 15 is 0 Å². The molecule has 0 radical (unpaired) electrons. The Morgan fingerprint density at radius 3 is 2.53 bits per heavy atom. The van der Waals surface area contributed by atoms with Crippen molar-refractivity contribution in [2.45, 2.75) is 32.9 Å². The van der Waals surface area contributed by atoms with Gasteiger partial charge in [0, 0.05) is 24.5 Å². The van der Waals surface area contributed by atoms with E-state index in [0.717, 1.165) is 33.3 Å². The molecule has 1 atom stereocenters. The summed E-state index contributed by atoms with van der Waals surface area (Å²) in [4.78, 5) is 12.6. The predicted molar refractivity (Wildman–Crippen MR) is 130 cm³/mol. The van der Waals surface area contributed by atoms with Gasteiger partial charge >= 0.3 is 0 Å². The molecule has 1 N–H and O–H groups in total. The average Bonchev–Trinajstić information content (AvgIpc) is 3.22. The summed E-state index contributed by atoms with van der Waals surface area (Å²) in [5.41, 5.74) is 3.57. The Labute approximate surface area is 198 Å². The number of benzene rings is 3. The predicted octanol–water partition coefficient (Wildman–Crippen LogP) is 5.19. The fourth-order valence-electron chi connectivity index (χ4n) is 4.22. The number of aryl methyl sites for hydroxylation is 2. The molecule has 3 aromatic carbocycles. The maximum absolute atomic E-state index is 13.3. The molecule has 0 aliphatic carbocycles. The lowest BCUT2D eigenvalue weighted by molar-refractivity contribution is -0.131. The third-order valence-electron chi connectivity index (χ3n) is 5.83. The summed E-state index contributed by atoms with van der Waals surface area (Å²) >= 11 is 0. The number of methoxy groups -OCH3 is 1. The Hall–Kier alpha value is -3.71. The molecule has 0 saturated carbocycles. The van der Waals surface area contributed by atoms with Gasteiger partial charge in [0.25, 0.3) is 0 Å². The summed E-state index contributed by atoms with van der Waals surface area (Å²) in [5.74, 6) is 0.0222. The summed E-state index contributed by atoms with van der Waals surface area (Å²) in [5, 5.41) is 8.37. The Morgan fingerprint density at radius 1 is 1.09 bits per heavy atom. The van der Waals surface area contributed by atoms with Crippen LogP contribution in [0.25, 0.3) is 16.6 Å². The second-order valence-corrected chi connectivity index (χ2v) is 8.34. The summed E-state index contributed by atoms with van der Waals surface area (Å²) in [6.45, 7) is 5.94. The molecule has 0 aliphatic rings. The van der Waals surface area contributed by atoms with Gasteiger partial charge in [0.1, 0.15) is 18.2 Å². The maximum Gasteiger partial charge on any atom is 0.249 e.